The van der Waals surface area contributed by atoms with Gasteiger partial charge in [-0.3, -0.25) is 0 Å². The van der Waals surface area contributed by atoms with Crippen molar-refractivity contribution in [3.63, 3.8) is 0 Å². The van der Waals surface area contributed by atoms with Crippen LogP contribution in [-0.4, -0.2) is 58.6 Å². The van der Waals surface area contributed by atoms with Crippen LogP contribution in [0.1, 0.15) is 52.9 Å². The number of ether oxygens (including phenoxy) is 1. The maximum atomic E-state index is 12.0. The van der Waals surface area contributed by atoms with E-state index in [1.807, 2.05) is 0 Å². The first-order chi connectivity index (χ1) is 10.6. The summed E-state index contributed by atoms with van der Waals surface area (Å²) in [6, 6.07) is -0.300. The fourth-order valence-electron chi connectivity index (χ4n) is 2.84. The van der Waals surface area contributed by atoms with Crippen molar-refractivity contribution in [2.45, 2.75) is 70.6 Å². The second-order valence-corrected chi connectivity index (χ2v) is 7.42. The molecular weight excluding hydrogens is 300 g/mol. The van der Waals surface area contributed by atoms with Gasteiger partial charge < -0.3 is 25.2 Å². The number of nitrogens with one attached hydrogen (secondary N) is 1. The van der Waals surface area contributed by atoms with E-state index in [-0.39, 0.29) is 18.7 Å². The fourth-order valence-corrected chi connectivity index (χ4v) is 2.84. The Morgan fingerprint density at radius 2 is 1.83 bits per heavy atom. The summed E-state index contributed by atoms with van der Waals surface area (Å²) in [6.07, 6.45) is 2.21. The predicted molar refractivity (Wildman–Crippen MR) is 86.4 cm³/mol. The molecule has 3 N–H and O–H groups in total. The van der Waals surface area contributed by atoms with Crippen molar-refractivity contribution in [3.05, 3.63) is 0 Å². The minimum absolute atomic E-state index is 0.216. The maximum Gasteiger partial charge on any atom is 0.407 e. The van der Waals surface area contributed by atoms with Gasteiger partial charge in [-0.25, -0.2) is 9.59 Å². The topological polar surface area (TPSA) is 99.1 Å². The van der Waals surface area contributed by atoms with Gasteiger partial charge in [-0.05, 0) is 58.8 Å². The molecular formula is C16H30N2O5. The van der Waals surface area contributed by atoms with Crippen LogP contribution >= 0.6 is 0 Å². The Morgan fingerprint density at radius 1 is 1.26 bits per heavy atom. The molecule has 134 valence electrons. The molecule has 0 spiro atoms. The lowest BCUT2D eigenvalue weighted by atomic mass is 9.83. The summed E-state index contributed by atoms with van der Waals surface area (Å²) in [5.74, 6) is 0.375. The standard InChI is InChI=1S/C16H30N2O5/c1-16(2,3)23-14(20)17-12(10-18(4)15(21)22)9-11-5-7-13(19)8-6-11/h11-13,19H,5-10H2,1-4H3,(H,17,20)(H,21,22)/t11?,12-,13?/m0/s1. The minimum atomic E-state index is -1.03. The molecule has 0 unspecified atom stereocenters. The number of carbonyl (C=O) groups is 2. The summed E-state index contributed by atoms with van der Waals surface area (Å²) in [4.78, 5) is 24.2. The van der Waals surface area contributed by atoms with Gasteiger partial charge in [-0.1, -0.05) is 0 Å². The number of nitrogens with zero attached hydrogens (tertiary/aromatic N) is 1. The first-order valence-electron chi connectivity index (χ1n) is 8.18. The average molecular weight is 330 g/mol. The van der Waals surface area contributed by atoms with Crippen LogP contribution in [0.4, 0.5) is 9.59 Å². The molecule has 0 saturated heterocycles. The van der Waals surface area contributed by atoms with Gasteiger partial charge in [0.2, 0.25) is 0 Å². The highest BCUT2D eigenvalue weighted by Gasteiger charge is 2.26. The molecule has 2 amide bonds. The number of amides is 2. The van der Waals surface area contributed by atoms with Crippen molar-refractivity contribution in [2.24, 2.45) is 5.92 Å². The molecule has 0 aliphatic heterocycles. The van der Waals surface area contributed by atoms with Crippen LogP contribution < -0.4 is 5.32 Å². The minimum Gasteiger partial charge on any atom is -0.465 e. The van der Waals surface area contributed by atoms with Crippen molar-refractivity contribution < 1.29 is 24.5 Å². The zero-order chi connectivity index (χ0) is 17.6. The van der Waals surface area contributed by atoms with Crippen LogP contribution in [-0.2, 0) is 4.74 Å². The van der Waals surface area contributed by atoms with E-state index in [1.165, 1.54) is 11.9 Å². The number of aliphatic hydroxyl groups excluding tert-OH is 1. The lowest BCUT2D eigenvalue weighted by Crippen LogP contribution is -2.47. The summed E-state index contributed by atoms with van der Waals surface area (Å²) < 4.78 is 5.26. The van der Waals surface area contributed by atoms with Crippen LogP contribution in [0.5, 0.6) is 0 Å². The third-order valence-electron chi connectivity index (χ3n) is 3.98. The molecule has 0 heterocycles. The van der Waals surface area contributed by atoms with Gasteiger partial charge in [-0.15, -0.1) is 0 Å². The van der Waals surface area contributed by atoms with Crippen LogP contribution in [0.25, 0.3) is 0 Å². The zero-order valence-corrected chi connectivity index (χ0v) is 14.5. The smallest absolute Gasteiger partial charge is 0.407 e. The number of carbonyl (C=O) groups excluding carboxylic acids is 1. The monoisotopic (exact) mass is 330 g/mol. The first kappa shape index (κ1) is 19.5. The van der Waals surface area contributed by atoms with E-state index < -0.39 is 17.8 Å². The molecule has 23 heavy (non-hydrogen) atoms. The van der Waals surface area contributed by atoms with Crippen LogP contribution in [0.2, 0.25) is 0 Å². The van der Waals surface area contributed by atoms with E-state index in [0.717, 1.165) is 25.7 Å². The van der Waals surface area contributed by atoms with Crippen LogP contribution in [0, 0.1) is 5.92 Å². The average Bonchev–Trinajstić information content (AvgIpc) is 2.38. The summed E-state index contributed by atoms with van der Waals surface area (Å²) >= 11 is 0. The third kappa shape index (κ3) is 8.06. The lowest BCUT2D eigenvalue weighted by Gasteiger charge is -2.31. The summed E-state index contributed by atoms with van der Waals surface area (Å²) in [6.45, 7) is 5.57. The Balaban J connectivity index is 2.61. The van der Waals surface area contributed by atoms with E-state index in [9.17, 15) is 14.7 Å². The van der Waals surface area contributed by atoms with E-state index in [2.05, 4.69) is 5.32 Å². The molecule has 7 heteroatoms. The SMILES string of the molecule is CN(C[C@H](CC1CCC(O)CC1)NC(=O)OC(C)(C)C)C(=O)O. The van der Waals surface area contributed by atoms with Gasteiger partial charge in [0, 0.05) is 13.6 Å². The second kappa shape index (κ2) is 8.38. The van der Waals surface area contributed by atoms with E-state index in [4.69, 9.17) is 9.84 Å². The molecule has 0 bridgehead atoms. The Hall–Kier alpha value is -1.50. The quantitative estimate of drug-likeness (QED) is 0.719. The molecule has 1 aliphatic carbocycles. The number of carboxylic acid groups (broad SMARTS) is 1. The highest BCUT2D eigenvalue weighted by molar-refractivity contribution is 5.68. The first-order valence-corrected chi connectivity index (χ1v) is 8.18. The Kier molecular flexibility index (Phi) is 7.12. The molecule has 1 rings (SSSR count). The van der Waals surface area contributed by atoms with Crippen LogP contribution in [0.3, 0.4) is 0 Å². The highest BCUT2D eigenvalue weighted by atomic mass is 16.6. The van der Waals surface area contributed by atoms with Gasteiger partial charge in [0.1, 0.15) is 5.60 Å². The lowest BCUT2D eigenvalue weighted by molar-refractivity contribution is 0.0471. The number of rotatable bonds is 5. The normalized spacial score (nSPS) is 23.0. The molecule has 1 saturated carbocycles. The fraction of sp³-hybridized carbons (Fsp3) is 0.875. The second-order valence-electron chi connectivity index (χ2n) is 7.42. The van der Waals surface area contributed by atoms with Gasteiger partial charge in [0.05, 0.1) is 12.1 Å². The maximum absolute atomic E-state index is 12.0. The van der Waals surface area contributed by atoms with E-state index in [1.54, 1.807) is 20.8 Å². The van der Waals surface area contributed by atoms with Crippen molar-refractivity contribution in [1.82, 2.24) is 10.2 Å². The van der Waals surface area contributed by atoms with Crippen molar-refractivity contribution >= 4 is 12.2 Å². The zero-order valence-electron chi connectivity index (χ0n) is 14.5. The number of hydrogen-bond acceptors (Lipinski definition) is 4. The van der Waals surface area contributed by atoms with Gasteiger partial charge >= 0.3 is 12.2 Å². The molecule has 0 aromatic carbocycles. The molecule has 1 atom stereocenters. The molecule has 1 aliphatic rings. The summed E-state index contributed by atoms with van der Waals surface area (Å²) in [7, 11) is 1.48. The van der Waals surface area contributed by atoms with Gasteiger partial charge in [-0.2, -0.15) is 0 Å². The van der Waals surface area contributed by atoms with E-state index in [0.29, 0.717) is 12.3 Å². The number of likely N-dealkylation sites (N-methyl/N-ethyl adjacent to an activating group) is 1. The molecule has 0 aromatic rings. The molecule has 1 fully saturated rings. The third-order valence-corrected chi connectivity index (χ3v) is 3.98. The van der Waals surface area contributed by atoms with Crippen molar-refractivity contribution in [3.8, 4) is 0 Å². The van der Waals surface area contributed by atoms with Gasteiger partial charge in [0.15, 0.2) is 0 Å². The molecule has 7 nitrogen and oxygen atoms in total. The Morgan fingerprint density at radius 3 is 2.30 bits per heavy atom. The highest BCUT2D eigenvalue weighted by Crippen LogP contribution is 2.28. The number of hydrogen-bond donors (Lipinski definition) is 3. The van der Waals surface area contributed by atoms with Crippen LogP contribution in [0.15, 0.2) is 0 Å². The Labute approximate surface area is 138 Å². The number of alkyl carbamates (subject to hydrolysis) is 1. The summed E-state index contributed by atoms with van der Waals surface area (Å²) in [5, 5.41) is 21.4. The van der Waals surface area contributed by atoms with Gasteiger partial charge in [0.25, 0.3) is 0 Å². The largest absolute Gasteiger partial charge is 0.465 e. The summed E-state index contributed by atoms with van der Waals surface area (Å²) in [5.41, 5.74) is -0.595. The van der Waals surface area contributed by atoms with Crippen molar-refractivity contribution in [1.29, 1.82) is 0 Å². The number of aliphatic hydroxyl groups is 1. The molecule has 0 aromatic heterocycles. The molecule has 0 radical (unpaired) electrons. The Bertz CT molecular complexity index is 400. The van der Waals surface area contributed by atoms with Crippen molar-refractivity contribution in [2.75, 3.05) is 13.6 Å². The van der Waals surface area contributed by atoms with E-state index >= 15 is 0 Å². The predicted octanol–water partition coefficient (Wildman–Crippen LogP) is 2.43.